The number of nitrogens with zero attached hydrogens (tertiary/aromatic N) is 2. The second-order valence-corrected chi connectivity index (χ2v) is 15.1. The summed E-state index contributed by atoms with van der Waals surface area (Å²) < 4.78 is 0. The Morgan fingerprint density at radius 1 is 0.938 bits per heavy atom. The molecule has 0 radical (unpaired) electrons. The van der Waals surface area contributed by atoms with Crippen molar-refractivity contribution in [1.82, 2.24) is 15.5 Å². The summed E-state index contributed by atoms with van der Waals surface area (Å²) in [5, 5.41) is 19.1. The summed E-state index contributed by atoms with van der Waals surface area (Å²) in [7, 11) is 0. The zero-order valence-corrected chi connectivity index (χ0v) is 29.7. The lowest BCUT2D eigenvalue weighted by atomic mass is 9.86. The van der Waals surface area contributed by atoms with Gasteiger partial charge >= 0.3 is 0 Å². The predicted molar refractivity (Wildman–Crippen MR) is 197 cm³/mol. The van der Waals surface area contributed by atoms with Crippen molar-refractivity contribution < 1.29 is 19.5 Å². The number of aryl methyl sites for hydroxylation is 1. The van der Waals surface area contributed by atoms with Crippen LogP contribution in [0.25, 0.3) is 10.4 Å². The molecule has 252 valence electrons. The van der Waals surface area contributed by atoms with E-state index in [4.69, 9.17) is 0 Å². The van der Waals surface area contributed by atoms with Crippen LogP contribution in [0.1, 0.15) is 80.5 Å². The highest BCUT2D eigenvalue weighted by atomic mass is 32.1. The van der Waals surface area contributed by atoms with Gasteiger partial charge in [-0.05, 0) is 59.7 Å². The molecule has 10 heteroatoms. The van der Waals surface area contributed by atoms with Crippen molar-refractivity contribution in [3.8, 4) is 16.2 Å². The predicted octanol–water partition coefficient (Wildman–Crippen LogP) is 6.62. The van der Waals surface area contributed by atoms with Crippen LogP contribution in [0.3, 0.4) is 0 Å². The van der Waals surface area contributed by atoms with Crippen LogP contribution >= 0.6 is 22.7 Å². The molecule has 1 aliphatic rings. The first-order chi connectivity index (χ1) is 23.0. The van der Waals surface area contributed by atoms with Crippen LogP contribution in [-0.4, -0.2) is 79.0 Å². The molecule has 3 heterocycles. The van der Waals surface area contributed by atoms with Crippen molar-refractivity contribution in [3.63, 3.8) is 0 Å². The van der Waals surface area contributed by atoms with Gasteiger partial charge in [0.05, 0.1) is 14.6 Å². The fourth-order valence-corrected chi connectivity index (χ4v) is 7.41. The van der Waals surface area contributed by atoms with Gasteiger partial charge in [-0.15, -0.1) is 22.7 Å². The number of hydrogen-bond donors (Lipinski definition) is 3. The van der Waals surface area contributed by atoms with Crippen LogP contribution < -0.4 is 10.6 Å². The Labute approximate surface area is 290 Å². The van der Waals surface area contributed by atoms with Crippen molar-refractivity contribution in [2.45, 2.75) is 46.0 Å². The maximum Gasteiger partial charge on any atom is 0.251 e. The number of benzene rings is 2. The number of Topliss-reactive ketones (excluding diaryl/α,β-unsaturated/α-hetero) is 2. The van der Waals surface area contributed by atoms with Crippen molar-refractivity contribution in [2.24, 2.45) is 4.99 Å². The van der Waals surface area contributed by atoms with Crippen LogP contribution in [0.15, 0.2) is 71.0 Å². The van der Waals surface area contributed by atoms with E-state index in [1.54, 1.807) is 31.2 Å². The number of carbonyl (C=O) groups excluding carboxylic acids is 3. The van der Waals surface area contributed by atoms with Crippen LogP contribution in [0.5, 0.6) is 5.75 Å². The summed E-state index contributed by atoms with van der Waals surface area (Å²) in [5.74, 6) is -0.130. The normalized spacial score (nSPS) is 14.2. The van der Waals surface area contributed by atoms with Crippen molar-refractivity contribution in [3.05, 3.63) is 98.1 Å². The second-order valence-electron chi connectivity index (χ2n) is 13.1. The third-order valence-corrected chi connectivity index (χ3v) is 10.7. The summed E-state index contributed by atoms with van der Waals surface area (Å²) in [6.45, 7) is 13.6. The highest BCUT2D eigenvalue weighted by molar-refractivity contribution is 7.16. The maximum atomic E-state index is 12.9. The van der Waals surface area contributed by atoms with Gasteiger partial charge in [0.25, 0.3) is 5.91 Å². The van der Waals surface area contributed by atoms with E-state index in [9.17, 15) is 19.5 Å². The minimum Gasteiger partial charge on any atom is -0.506 e. The second kappa shape index (κ2) is 16.0. The molecule has 0 atom stereocenters. The molecule has 1 aliphatic heterocycles. The van der Waals surface area contributed by atoms with Crippen molar-refractivity contribution >= 4 is 45.9 Å². The fraction of sp³-hybridized carbons (Fsp3) is 0.368. The first-order valence-electron chi connectivity index (χ1n) is 16.4. The first kappa shape index (κ1) is 35.3. The molecule has 0 bridgehead atoms. The number of aliphatic imine (C=N–C) groups is 1. The highest BCUT2D eigenvalue weighted by Crippen LogP contribution is 2.39. The van der Waals surface area contributed by atoms with Crippen LogP contribution in [0.2, 0.25) is 0 Å². The minimum absolute atomic E-state index is 0.0280. The molecule has 8 nitrogen and oxygen atoms in total. The van der Waals surface area contributed by atoms with Crippen LogP contribution in [0.4, 0.5) is 0 Å². The highest BCUT2D eigenvalue weighted by Gasteiger charge is 2.19. The first-order valence-corrected chi connectivity index (χ1v) is 18.1. The molecule has 0 spiro atoms. The average molecular weight is 685 g/mol. The summed E-state index contributed by atoms with van der Waals surface area (Å²) in [4.78, 5) is 47.0. The lowest BCUT2D eigenvalue weighted by molar-refractivity contribution is 0.0944. The Morgan fingerprint density at radius 2 is 1.60 bits per heavy atom. The third-order valence-electron chi connectivity index (χ3n) is 8.56. The molecule has 1 amide bonds. The van der Waals surface area contributed by atoms with Gasteiger partial charge in [-0.25, -0.2) is 0 Å². The molecule has 0 saturated carbocycles. The summed E-state index contributed by atoms with van der Waals surface area (Å²) in [6.07, 6.45) is 0.849. The molecule has 0 unspecified atom stereocenters. The summed E-state index contributed by atoms with van der Waals surface area (Å²) in [5.41, 5.74) is 4.98. The Bertz CT molecular complexity index is 1760. The van der Waals surface area contributed by atoms with Crippen LogP contribution in [0, 0.1) is 0 Å². The number of carbonyl (C=O) groups is 3. The topological polar surface area (TPSA) is 111 Å². The molecular weight excluding hydrogens is 641 g/mol. The van der Waals surface area contributed by atoms with E-state index in [2.05, 4.69) is 53.4 Å². The molecule has 0 aliphatic carbocycles. The number of amides is 1. The van der Waals surface area contributed by atoms with E-state index in [0.29, 0.717) is 46.0 Å². The van der Waals surface area contributed by atoms with E-state index in [-0.39, 0.29) is 35.2 Å². The molecule has 4 aromatic rings. The number of hydrogen-bond acceptors (Lipinski definition) is 9. The lowest BCUT2D eigenvalue weighted by Gasteiger charge is -2.27. The van der Waals surface area contributed by atoms with E-state index in [1.807, 2.05) is 29.6 Å². The molecule has 1 fully saturated rings. The van der Waals surface area contributed by atoms with Gasteiger partial charge in [0.2, 0.25) is 0 Å². The quantitative estimate of drug-likeness (QED) is 0.108. The number of thiophene rings is 2. The van der Waals surface area contributed by atoms with Gasteiger partial charge in [0.1, 0.15) is 12.3 Å². The molecule has 2 aromatic carbocycles. The molecule has 2 aromatic heterocycles. The Morgan fingerprint density at radius 3 is 2.27 bits per heavy atom. The van der Waals surface area contributed by atoms with Gasteiger partial charge in [-0.2, -0.15) is 0 Å². The number of rotatable bonds is 13. The smallest absolute Gasteiger partial charge is 0.251 e. The number of nitrogens with one attached hydrogen (secondary N) is 2. The third kappa shape index (κ3) is 9.14. The molecule has 5 rings (SSSR count). The fourth-order valence-electron chi connectivity index (χ4n) is 5.49. The van der Waals surface area contributed by atoms with Crippen molar-refractivity contribution in [1.29, 1.82) is 0 Å². The Hall–Kier alpha value is -3.96. The number of piperazine rings is 1. The standard InChI is InChI=1S/C38H44N4O4S2/c1-25(30-24-47-36(35(30)45)27-10-12-29(13-11-27)38(2,3)4)41-23-32(44)34-16-15-33(48-34)31(43)14-7-26-5-8-28(9-6-26)37(46)40-19-22-42-20-17-39-18-21-42/h5-6,8-13,15-16,24,39,45H,7,14,17-23H2,1-4H3,(H,40,46). The van der Waals surface area contributed by atoms with Gasteiger partial charge in [-0.1, -0.05) is 57.2 Å². The number of ketones is 2. The molecule has 3 N–H and O–H groups in total. The molecular formula is C38H44N4O4S2. The zero-order valence-electron chi connectivity index (χ0n) is 28.1. The lowest BCUT2D eigenvalue weighted by Crippen LogP contribution is -2.46. The average Bonchev–Trinajstić information content (AvgIpc) is 3.74. The Kier molecular flexibility index (Phi) is 11.8. The monoisotopic (exact) mass is 684 g/mol. The largest absolute Gasteiger partial charge is 0.506 e. The Balaban J connectivity index is 1.09. The maximum absolute atomic E-state index is 12.9. The van der Waals surface area contributed by atoms with Gasteiger partial charge in [0.15, 0.2) is 11.6 Å². The summed E-state index contributed by atoms with van der Waals surface area (Å²) >= 11 is 2.64. The number of aromatic hydroxyl groups is 1. The van der Waals surface area contributed by atoms with E-state index < -0.39 is 0 Å². The summed E-state index contributed by atoms with van der Waals surface area (Å²) in [6, 6.07) is 19.0. The van der Waals surface area contributed by atoms with E-state index in [0.717, 1.165) is 48.7 Å². The minimum atomic E-state index is -0.173. The zero-order chi connectivity index (χ0) is 34.3. The van der Waals surface area contributed by atoms with Gasteiger partial charge in [-0.3, -0.25) is 24.3 Å². The van der Waals surface area contributed by atoms with Crippen molar-refractivity contribution in [2.75, 3.05) is 45.8 Å². The molecule has 1 saturated heterocycles. The molecule has 48 heavy (non-hydrogen) atoms. The van der Waals surface area contributed by atoms with E-state index in [1.165, 1.54) is 28.2 Å². The SMILES string of the molecule is CC(=NCC(=O)c1ccc(C(=O)CCc2ccc(C(=O)NCCN3CCNCC3)cc2)s1)c1csc(-c2ccc(C(C)(C)C)cc2)c1O. The van der Waals surface area contributed by atoms with Gasteiger partial charge in [0, 0.05) is 67.9 Å². The van der Waals surface area contributed by atoms with E-state index >= 15 is 0 Å². The van der Waals surface area contributed by atoms with Crippen LogP contribution in [-0.2, 0) is 11.8 Å². The van der Waals surface area contributed by atoms with Gasteiger partial charge < -0.3 is 15.7 Å².